The lowest BCUT2D eigenvalue weighted by Gasteiger charge is -2.17. The molecule has 0 aliphatic heterocycles. The molecular formula is C104H64N4. The molecule has 24 aromatic rings. The molecule has 0 amide bonds. The average molecular weight is 1370 g/mol. The molecule has 0 saturated heterocycles. The van der Waals surface area contributed by atoms with E-state index < -0.39 is 0 Å². The number of nitrogens with zero attached hydrogens (tertiary/aromatic N) is 4. The summed E-state index contributed by atoms with van der Waals surface area (Å²) >= 11 is 0. The number of hydrogen-bond donors (Lipinski definition) is 0. The van der Waals surface area contributed by atoms with Crippen LogP contribution in [0.25, 0.3) is 219 Å². The molecular weight excluding hydrogens is 1310 g/mol. The van der Waals surface area contributed by atoms with Gasteiger partial charge in [-0.3, -0.25) is 0 Å². The minimum absolute atomic E-state index is 1.17. The maximum atomic E-state index is 2.38. The molecule has 0 bridgehead atoms. The lowest BCUT2D eigenvalue weighted by Crippen LogP contribution is -1.94. The van der Waals surface area contributed by atoms with Crippen LogP contribution >= 0.6 is 0 Å². The fourth-order valence-electron chi connectivity index (χ4n) is 18.5. The molecule has 0 atom stereocenters. The third kappa shape index (κ3) is 9.11. The van der Waals surface area contributed by atoms with Crippen LogP contribution in [0.15, 0.2) is 388 Å². The zero-order valence-electron chi connectivity index (χ0n) is 58.7. The minimum Gasteiger partial charge on any atom is -0.309 e. The van der Waals surface area contributed by atoms with Crippen molar-refractivity contribution in [2.75, 3.05) is 0 Å². The van der Waals surface area contributed by atoms with E-state index in [1.807, 2.05) is 0 Å². The second-order valence-corrected chi connectivity index (χ2v) is 29.0. The van der Waals surface area contributed by atoms with E-state index in [1.54, 1.807) is 0 Å². The van der Waals surface area contributed by atoms with Gasteiger partial charge >= 0.3 is 0 Å². The van der Waals surface area contributed by atoms with Crippen LogP contribution in [0.2, 0.25) is 0 Å². The number of benzene rings is 20. The summed E-state index contributed by atoms with van der Waals surface area (Å²) in [5, 5.41) is 25.8. The van der Waals surface area contributed by atoms with Crippen LogP contribution < -0.4 is 0 Å². The monoisotopic (exact) mass is 1370 g/mol. The average Bonchev–Trinajstić information content (AvgIpc) is 1.20. The summed E-state index contributed by atoms with van der Waals surface area (Å²) in [4.78, 5) is 0. The van der Waals surface area contributed by atoms with Gasteiger partial charge in [-0.15, -0.1) is 0 Å². The predicted molar refractivity (Wildman–Crippen MR) is 459 cm³/mol. The van der Waals surface area contributed by atoms with Crippen LogP contribution in [0, 0.1) is 0 Å². The molecule has 4 nitrogen and oxygen atoms in total. The molecule has 0 saturated carbocycles. The zero-order chi connectivity index (χ0) is 70.7. The molecule has 0 fully saturated rings. The molecule has 0 aliphatic carbocycles. The van der Waals surface area contributed by atoms with Gasteiger partial charge in [0.05, 0.1) is 44.1 Å². The van der Waals surface area contributed by atoms with Gasteiger partial charge in [-0.2, -0.15) is 0 Å². The lowest BCUT2D eigenvalue weighted by molar-refractivity contribution is 1.18. The first-order valence-corrected chi connectivity index (χ1v) is 37.4. The van der Waals surface area contributed by atoms with E-state index in [1.165, 1.54) is 219 Å². The first-order valence-electron chi connectivity index (χ1n) is 37.4. The zero-order valence-corrected chi connectivity index (χ0v) is 58.7. The van der Waals surface area contributed by atoms with E-state index in [9.17, 15) is 0 Å². The van der Waals surface area contributed by atoms with Gasteiger partial charge in [-0.1, -0.05) is 267 Å². The highest BCUT2D eigenvalue weighted by Gasteiger charge is 2.21. The Labute approximate surface area is 621 Å². The highest BCUT2D eigenvalue weighted by atomic mass is 15.0. The normalized spacial score (nSPS) is 12.1. The Hall–Kier alpha value is -14.3. The van der Waals surface area contributed by atoms with Gasteiger partial charge in [-0.25, -0.2) is 0 Å². The number of hydrogen-bond acceptors (Lipinski definition) is 0. The Morgan fingerprint density at radius 1 is 0.130 bits per heavy atom. The molecule has 0 N–H and O–H groups in total. The number of fused-ring (bicyclic) bond motifs is 12. The number of aromatic nitrogens is 4. The van der Waals surface area contributed by atoms with E-state index in [2.05, 4.69) is 407 Å². The summed E-state index contributed by atoms with van der Waals surface area (Å²) in [6.45, 7) is 0. The molecule has 4 heteroatoms. The van der Waals surface area contributed by atoms with Crippen LogP contribution in [0.4, 0.5) is 0 Å². The highest BCUT2D eigenvalue weighted by Crippen LogP contribution is 2.46. The Morgan fingerprint density at radius 3 is 0.574 bits per heavy atom. The van der Waals surface area contributed by atoms with Gasteiger partial charge in [0.15, 0.2) is 0 Å². The summed E-state index contributed by atoms with van der Waals surface area (Å²) in [7, 11) is 0. The van der Waals surface area contributed by atoms with Crippen LogP contribution in [0.3, 0.4) is 0 Å². The van der Waals surface area contributed by atoms with Crippen molar-refractivity contribution >= 4 is 152 Å². The second kappa shape index (κ2) is 23.6. The van der Waals surface area contributed by atoms with E-state index in [0.717, 1.165) is 0 Å². The number of rotatable bonds is 8. The maximum Gasteiger partial charge on any atom is 0.0541 e. The second-order valence-electron chi connectivity index (χ2n) is 29.0. The van der Waals surface area contributed by atoms with Crippen LogP contribution in [-0.2, 0) is 0 Å². The van der Waals surface area contributed by atoms with Crippen LogP contribution in [0.5, 0.6) is 0 Å². The summed E-state index contributed by atoms with van der Waals surface area (Å²) in [5.41, 5.74) is 24.4. The van der Waals surface area contributed by atoms with Gasteiger partial charge in [0, 0.05) is 65.8 Å². The smallest absolute Gasteiger partial charge is 0.0541 e. The first kappa shape index (κ1) is 60.1. The van der Waals surface area contributed by atoms with E-state index in [4.69, 9.17) is 0 Å². The molecule has 0 spiro atoms. The molecule has 4 aromatic heterocycles. The van der Waals surface area contributed by atoms with Crippen molar-refractivity contribution in [2.24, 2.45) is 0 Å². The van der Waals surface area contributed by atoms with E-state index >= 15 is 0 Å². The maximum absolute atomic E-state index is 2.38. The molecule has 24 rings (SSSR count). The first-order chi connectivity index (χ1) is 53.6. The van der Waals surface area contributed by atoms with Crippen molar-refractivity contribution in [3.63, 3.8) is 0 Å². The van der Waals surface area contributed by atoms with Crippen molar-refractivity contribution in [2.45, 2.75) is 0 Å². The third-order valence-corrected chi connectivity index (χ3v) is 23.3. The van der Waals surface area contributed by atoms with Gasteiger partial charge in [0.2, 0.25) is 0 Å². The molecule has 4 heterocycles. The standard InChI is InChI=1S/2C52H32N2/c1-5-13-47-43(9-1)44-10-2-6-14-48(44)53(47)41-25-21-33(22-26-41)39-29-35-17-19-37-31-40(32-38-20-18-36(30-39)51(35)52(37)38)34-23-27-42(28-24-34)54-49-15-7-3-11-45(49)46-12-4-8-16-50(46)54;1-5-13-47-41(9-1)42-10-2-6-14-48(42)53(47)37-25-19-33(20-26-37)39-29-23-35-17-18-36-24-30-40(46-32-31-45(39)51(35)52(36)46)34-21-27-38(28-22-34)54-49-15-7-3-11-43(49)44-12-4-8-16-50(44)54/h2*1-32H. The van der Waals surface area contributed by atoms with Gasteiger partial charge in [-0.05, 0) is 230 Å². The predicted octanol–water partition coefficient (Wildman–Crippen LogP) is 28.2. The fraction of sp³-hybridized carbons (Fsp3) is 0. The Bertz CT molecular complexity index is 7010. The SMILES string of the molecule is c1ccc2c(c1)c1ccccc1n2-c1ccc(-c2cc3ccc4cc(-c5ccc(-n6c7ccccc7c7ccccc76)cc5)cc5ccc(c2)c3c45)cc1.c1ccc2c(c1)c1ccccc1n2-c1ccc(-c2ccc3ccc4ccc(-c5ccc(-n6c7ccccc7c7ccccc76)cc5)c5ccc2c3c45)cc1. The fourth-order valence-corrected chi connectivity index (χ4v) is 18.5. The van der Waals surface area contributed by atoms with Crippen molar-refractivity contribution in [3.05, 3.63) is 388 Å². The van der Waals surface area contributed by atoms with Crippen LogP contribution in [0.1, 0.15) is 0 Å². The third-order valence-electron chi connectivity index (χ3n) is 23.3. The number of para-hydroxylation sites is 8. The summed E-state index contributed by atoms with van der Waals surface area (Å²) in [6.07, 6.45) is 0. The molecule has 500 valence electrons. The molecule has 0 unspecified atom stereocenters. The van der Waals surface area contributed by atoms with Gasteiger partial charge < -0.3 is 18.3 Å². The summed E-state index contributed by atoms with van der Waals surface area (Å²) < 4.78 is 9.53. The molecule has 20 aromatic carbocycles. The summed E-state index contributed by atoms with van der Waals surface area (Å²) in [5.74, 6) is 0. The van der Waals surface area contributed by atoms with Crippen molar-refractivity contribution < 1.29 is 0 Å². The molecule has 108 heavy (non-hydrogen) atoms. The van der Waals surface area contributed by atoms with E-state index in [0.29, 0.717) is 0 Å². The Morgan fingerprint density at radius 2 is 0.333 bits per heavy atom. The largest absolute Gasteiger partial charge is 0.309 e. The lowest BCUT2D eigenvalue weighted by atomic mass is 9.87. The Kier molecular flexibility index (Phi) is 13.1. The highest BCUT2D eigenvalue weighted by molar-refractivity contribution is 6.28. The van der Waals surface area contributed by atoms with Gasteiger partial charge in [0.25, 0.3) is 0 Å². The van der Waals surface area contributed by atoms with Crippen molar-refractivity contribution in [1.82, 2.24) is 18.3 Å². The Balaban J connectivity index is 0.000000130. The summed E-state index contributed by atoms with van der Waals surface area (Å²) in [6, 6.07) is 143. The topological polar surface area (TPSA) is 19.7 Å². The minimum atomic E-state index is 1.17. The molecule has 0 aliphatic rings. The van der Waals surface area contributed by atoms with Crippen LogP contribution in [-0.4, -0.2) is 18.3 Å². The van der Waals surface area contributed by atoms with Crippen molar-refractivity contribution in [1.29, 1.82) is 0 Å². The van der Waals surface area contributed by atoms with E-state index in [-0.39, 0.29) is 0 Å². The molecule has 0 radical (unpaired) electrons. The van der Waals surface area contributed by atoms with Crippen molar-refractivity contribution in [3.8, 4) is 67.3 Å². The van der Waals surface area contributed by atoms with Gasteiger partial charge in [0.1, 0.15) is 0 Å². The quantitative estimate of drug-likeness (QED) is 0.135.